The Morgan fingerprint density at radius 3 is 2.69 bits per heavy atom. The van der Waals surface area contributed by atoms with E-state index in [2.05, 4.69) is 26.6 Å². The van der Waals surface area contributed by atoms with Crippen LogP contribution in [0.15, 0.2) is 30.3 Å². The predicted octanol–water partition coefficient (Wildman–Crippen LogP) is 5.19. The monoisotopic (exact) mass is 611 g/mol. The van der Waals surface area contributed by atoms with E-state index in [4.69, 9.17) is 20.4 Å². The van der Waals surface area contributed by atoms with Gasteiger partial charge in [-0.15, -0.1) is 0 Å². The van der Waals surface area contributed by atoms with Gasteiger partial charge in [0.15, 0.2) is 5.82 Å². The Labute approximate surface area is 264 Å². The zero-order valence-electron chi connectivity index (χ0n) is 27.1. The van der Waals surface area contributed by atoms with Gasteiger partial charge in [-0.1, -0.05) is 26.7 Å². The SMILES string of the molecule is COc1cc(C(=O)N2CCC[C@@H](N)C2)cc2nc(-c3cc4ccc5nc4n3C[C@H]3C[C@H]3CCCC(C)(C)C(=O)N[C@@H]5C)n(C)c12. The highest BCUT2D eigenvalue weighted by atomic mass is 16.5. The van der Waals surface area contributed by atoms with Gasteiger partial charge in [0.1, 0.15) is 16.9 Å². The molecule has 3 aliphatic rings. The van der Waals surface area contributed by atoms with Crippen LogP contribution in [-0.4, -0.2) is 62.1 Å². The van der Waals surface area contributed by atoms with Crippen molar-refractivity contribution in [1.82, 2.24) is 29.3 Å². The molecule has 7 rings (SSSR count). The van der Waals surface area contributed by atoms with E-state index in [-0.39, 0.29) is 23.9 Å². The molecule has 5 heterocycles. The van der Waals surface area contributed by atoms with Crippen molar-refractivity contribution >= 4 is 33.9 Å². The van der Waals surface area contributed by atoms with Crippen LogP contribution in [0, 0.1) is 17.3 Å². The van der Waals surface area contributed by atoms with E-state index < -0.39 is 5.41 Å². The van der Waals surface area contributed by atoms with Crippen molar-refractivity contribution in [3.63, 3.8) is 0 Å². The molecule has 3 aromatic heterocycles. The molecule has 1 saturated carbocycles. The van der Waals surface area contributed by atoms with Gasteiger partial charge in [0.2, 0.25) is 5.91 Å². The molecule has 1 aromatic carbocycles. The average molecular weight is 612 g/mol. The standard InChI is InChI=1S/C35H45N7O3/c1-20-26-11-10-22-16-28(42(31(22)38-26)18-24-14-21(24)8-6-12-35(2,3)34(44)37-20)32-39-27-15-23(17-29(45-5)30(27)40(32)4)33(43)41-13-7-9-25(36)19-41/h10-11,15-17,20-21,24-25H,6-9,12-14,18-19,36H2,1-5H3,(H,37,44)/t20-,21-,24-,25-/m1/s1. The van der Waals surface area contributed by atoms with E-state index in [1.165, 1.54) is 6.42 Å². The predicted molar refractivity (Wildman–Crippen MR) is 175 cm³/mol. The number of hydrogen-bond donors (Lipinski definition) is 2. The Hall–Kier alpha value is -3.92. The first kappa shape index (κ1) is 29.8. The third-order valence-corrected chi connectivity index (χ3v) is 10.4. The normalized spacial score (nSPS) is 25.2. The molecule has 1 saturated heterocycles. The highest BCUT2D eigenvalue weighted by Crippen LogP contribution is 2.46. The number of hydrogen-bond acceptors (Lipinski definition) is 6. The zero-order chi connectivity index (χ0) is 31.6. The largest absolute Gasteiger partial charge is 0.494 e. The van der Waals surface area contributed by atoms with Crippen LogP contribution in [0.3, 0.4) is 0 Å². The zero-order valence-corrected chi connectivity index (χ0v) is 27.1. The molecule has 0 unspecified atom stereocenters. The Morgan fingerprint density at radius 1 is 1.09 bits per heavy atom. The Bertz CT molecular complexity index is 1800. The number of piperidine rings is 1. The number of amides is 2. The highest BCUT2D eigenvalue weighted by molar-refractivity contribution is 6.00. The fourth-order valence-corrected chi connectivity index (χ4v) is 7.46. The number of nitrogens with one attached hydrogen (secondary N) is 1. The molecule has 4 aromatic rings. The van der Waals surface area contributed by atoms with Gasteiger partial charge in [0, 0.05) is 49.1 Å². The second kappa shape index (κ2) is 11.2. The Balaban J connectivity index is 1.32. The molecule has 2 bridgehead atoms. The number of carbonyl (C=O) groups is 2. The molecular weight excluding hydrogens is 566 g/mol. The maximum absolute atomic E-state index is 13.5. The number of benzene rings is 1. The number of likely N-dealkylation sites (tertiary alicyclic amines) is 1. The number of methoxy groups -OCH3 is 1. The summed E-state index contributed by atoms with van der Waals surface area (Å²) in [6.45, 7) is 8.23. The summed E-state index contributed by atoms with van der Waals surface area (Å²) < 4.78 is 10.2. The molecule has 238 valence electrons. The van der Waals surface area contributed by atoms with Crippen LogP contribution in [0.2, 0.25) is 0 Å². The third-order valence-electron chi connectivity index (χ3n) is 10.4. The van der Waals surface area contributed by atoms with E-state index in [9.17, 15) is 9.59 Å². The van der Waals surface area contributed by atoms with Gasteiger partial charge in [-0.3, -0.25) is 9.59 Å². The minimum atomic E-state index is -0.410. The smallest absolute Gasteiger partial charge is 0.254 e. The van der Waals surface area contributed by atoms with Gasteiger partial charge in [-0.25, -0.2) is 9.97 Å². The summed E-state index contributed by atoms with van der Waals surface area (Å²) in [4.78, 5) is 38.9. The molecule has 10 nitrogen and oxygen atoms in total. The van der Waals surface area contributed by atoms with Crippen LogP contribution < -0.4 is 15.8 Å². The lowest BCUT2D eigenvalue weighted by molar-refractivity contribution is -0.130. The van der Waals surface area contributed by atoms with Crippen LogP contribution >= 0.6 is 0 Å². The summed E-state index contributed by atoms with van der Waals surface area (Å²) in [5.41, 5.74) is 10.6. The van der Waals surface area contributed by atoms with E-state index in [1.807, 2.05) is 50.9 Å². The molecule has 3 N–H and O–H groups in total. The van der Waals surface area contributed by atoms with Gasteiger partial charge in [-0.05, 0) is 74.8 Å². The average Bonchev–Trinajstić information content (AvgIpc) is 3.53. The number of fused-ring (bicyclic) bond motifs is 3. The second-order valence-corrected chi connectivity index (χ2v) is 14.2. The molecule has 45 heavy (non-hydrogen) atoms. The van der Waals surface area contributed by atoms with Crippen molar-refractivity contribution in [3.05, 3.63) is 41.6 Å². The van der Waals surface area contributed by atoms with E-state index in [0.29, 0.717) is 41.8 Å². The Kier molecular flexibility index (Phi) is 7.38. The number of carbonyl (C=O) groups excluding carboxylic acids is 2. The van der Waals surface area contributed by atoms with Crippen molar-refractivity contribution in [2.45, 2.75) is 77.9 Å². The number of aromatic nitrogens is 4. The van der Waals surface area contributed by atoms with Crippen LogP contribution in [0.5, 0.6) is 5.75 Å². The molecule has 2 fully saturated rings. The summed E-state index contributed by atoms with van der Waals surface area (Å²) in [6.07, 6.45) is 6.08. The van der Waals surface area contributed by atoms with Crippen molar-refractivity contribution in [2.24, 2.45) is 30.0 Å². The third kappa shape index (κ3) is 5.37. The molecule has 1 aliphatic carbocycles. The lowest BCUT2D eigenvalue weighted by Gasteiger charge is -2.30. The second-order valence-electron chi connectivity index (χ2n) is 14.2. The van der Waals surface area contributed by atoms with Crippen molar-refractivity contribution in [1.29, 1.82) is 0 Å². The summed E-state index contributed by atoms with van der Waals surface area (Å²) in [5.74, 6) is 2.66. The minimum absolute atomic E-state index is 0.00539. The number of imidazole rings is 1. The fourth-order valence-electron chi connectivity index (χ4n) is 7.46. The lowest BCUT2D eigenvalue weighted by atomic mass is 9.85. The molecule has 10 heteroatoms. The topological polar surface area (TPSA) is 120 Å². The maximum atomic E-state index is 13.5. The van der Waals surface area contributed by atoms with Gasteiger partial charge in [0.25, 0.3) is 5.91 Å². The van der Waals surface area contributed by atoms with Crippen molar-refractivity contribution in [2.75, 3.05) is 20.2 Å². The summed E-state index contributed by atoms with van der Waals surface area (Å²) in [6, 6.07) is 9.79. The van der Waals surface area contributed by atoms with Crippen molar-refractivity contribution in [3.8, 4) is 17.3 Å². The first-order valence-electron chi connectivity index (χ1n) is 16.4. The fraction of sp³-hybridized carbons (Fsp3) is 0.543. The highest BCUT2D eigenvalue weighted by Gasteiger charge is 2.39. The number of ether oxygens (including phenoxy) is 1. The van der Waals surface area contributed by atoms with E-state index in [1.54, 1.807) is 7.11 Å². The number of rotatable bonds is 3. The van der Waals surface area contributed by atoms with Gasteiger partial charge >= 0.3 is 0 Å². The van der Waals surface area contributed by atoms with Crippen LogP contribution in [0.1, 0.15) is 81.4 Å². The number of aryl methyl sites for hydroxylation is 1. The minimum Gasteiger partial charge on any atom is -0.494 e. The van der Waals surface area contributed by atoms with Crippen LogP contribution in [0.4, 0.5) is 0 Å². The van der Waals surface area contributed by atoms with Crippen molar-refractivity contribution < 1.29 is 14.3 Å². The maximum Gasteiger partial charge on any atom is 0.254 e. The number of pyridine rings is 1. The van der Waals surface area contributed by atoms with E-state index in [0.717, 1.165) is 72.4 Å². The van der Waals surface area contributed by atoms with Gasteiger partial charge in [0.05, 0.1) is 30.1 Å². The molecule has 0 spiro atoms. The van der Waals surface area contributed by atoms with Crippen LogP contribution in [-0.2, 0) is 18.4 Å². The van der Waals surface area contributed by atoms with Gasteiger partial charge in [-0.2, -0.15) is 0 Å². The first-order valence-corrected chi connectivity index (χ1v) is 16.4. The molecule has 4 atom stereocenters. The number of nitrogens with zero attached hydrogens (tertiary/aromatic N) is 5. The molecule has 2 amide bonds. The molecule has 2 aliphatic heterocycles. The van der Waals surface area contributed by atoms with Crippen LogP contribution in [0.25, 0.3) is 33.6 Å². The van der Waals surface area contributed by atoms with E-state index >= 15 is 0 Å². The summed E-state index contributed by atoms with van der Waals surface area (Å²) in [7, 11) is 3.64. The molecular formula is C35H45N7O3. The number of nitrogens with two attached hydrogens (primary N) is 1. The molecule has 0 radical (unpaired) electrons. The van der Waals surface area contributed by atoms with Gasteiger partial charge < -0.3 is 29.8 Å². The first-order chi connectivity index (χ1) is 21.5. The summed E-state index contributed by atoms with van der Waals surface area (Å²) in [5, 5.41) is 4.26. The summed E-state index contributed by atoms with van der Waals surface area (Å²) >= 11 is 0. The lowest BCUT2D eigenvalue weighted by Crippen LogP contribution is -2.45. The quantitative estimate of drug-likeness (QED) is 0.329. The Morgan fingerprint density at radius 2 is 1.91 bits per heavy atom.